The second-order valence-electron chi connectivity index (χ2n) is 7.51. The van der Waals surface area contributed by atoms with Crippen LogP contribution in [0, 0.1) is 12.8 Å². The fraction of sp³-hybridized carbons (Fsp3) is 0.435. The Kier molecular flexibility index (Phi) is 3.87. The van der Waals surface area contributed by atoms with Gasteiger partial charge in [0.2, 0.25) is 5.91 Å². The largest absolute Gasteiger partial charge is 0.441 e. The molecule has 0 unspecified atom stereocenters. The maximum absolute atomic E-state index is 12.9. The van der Waals surface area contributed by atoms with Crippen LogP contribution < -0.4 is 10.6 Å². The number of benzene rings is 1. The van der Waals surface area contributed by atoms with Gasteiger partial charge in [0.25, 0.3) is 0 Å². The van der Waals surface area contributed by atoms with Crippen LogP contribution in [-0.2, 0) is 4.79 Å². The summed E-state index contributed by atoms with van der Waals surface area (Å²) in [5, 5.41) is 7.51. The zero-order chi connectivity index (χ0) is 25.4. The lowest BCUT2D eigenvalue weighted by Crippen LogP contribution is -2.39. The molecule has 4 rings (SSSR count). The van der Waals surface area contributed by atoms with Crippen molar-refractivity contribution in [1.82, 2.24) is 15.3 Å². The zero-order valence-electron chi connectivity index (χ0n) is 22.2. The van der Waals surface area contributed by atoms with Crippen LogP contribution >= 0.6 is 0 Å². The number of hydrogen-bond donors (Lipinski definition) is 2. The standard InChI is InChI=1S/C23H28N4O2/c1-14(2)26-20-8-6-16(7-9-20)23(28)27-22-11-19-10-17(4-5-18(19)12-25-22)21-13-24-15(3)29-21/h4-5,10-14,16,20,26H,6-9H2,1-3H3,(H,25,27,28)/i1D3,2D3. The molecule has 1 fully saturated rings. The Morgan fingerprint density at radius 1 is 1.14 bits per heavy atom. The minimum Gasteiger partial charge on any atom is -0.441 e. The van der Waals surface area contributed by atoms with Crippen molar-refractivity contribution >= 4 is 22.5 Å². The van der Waals surface area contributed by atoms with E-state index in [0.717, 1.165) is 16.3 Å². The van der Waals surface area contributed by atoms with Gasteiger partial charge in [0.15, 0.2) is 11.7 Å². The molecule has 0 radical (unpaired) electrons. The Morgan fingerprint density at radius 2 is 1.97 bits per heavy atom. The van der Waals surface area contributed by atoms with Gasteiger partial charge in [-0.05, 0) is 43.2 Å². The van der Waals surface area contributed by atoms with E-state index >= 15 is 0 Å². The minimum absolute atomic E-state index is 0.152. The fourth-order valence-corrected chi connectivity index (χ4v) is 3.84. The van der Waals surface area contributed by atoms with Gasteiger partial charge in [0.05, 0.1) is 6.20 Å². The van der Waals surface area contributed by atoms with Crippen molar-refractivity contribution in [3.63, 3.8) is 0 Å². The molecule has 2 aromatic heterocycles. The summed E-state index contributed by atoms with van der Waals surface area (Å²) < 4.78 is 50.9. The van der Waals surface area contributed by atoms with Crippen molar-refractivity contribution in [2.24, 2.45) is 5.92 Å². The Balaban J connectivity index is 1.38. The van der Waals surface area contributed by atoms with Gasteiger partial charge in [-0.2, -0.15) is 0 Å². The molecule has 2 N–H and O–H groups in total. The Labute approximate surface area is 179 Å². The Morgan fingerprint density at radius 3 is 2.69 bits per heavy atom. The van der Waals surface area contributed by atoms with Crippen molar-refractivity contribution < 1.29 is 17.4 Å². The summed E-state index contributed by atoms with van der Waals surface area (Å²) in [4.78, 5) is 21.3. The fourth-order valence-electron chi connectivity index (χ4n) is 3.84. The molecule has 0 saturated heterocycles. The number of aromatic nitrogens is 2. The first-order chi connectivity index (χ1) is 16.4. The molecule has 6 nitrogen and oxygen atoms in total. The van der Waals surface area contributed by atoms with Crippen LogP contribution in [0.5, 0.6) is 0 Å². The molecule has 3 aromatic rings. The van der Waals surface area contributed by atoms with E-state index in [1.54, 1.807) is 19.3 Å². The van der Waals surface area contributed by atoms with E-state index in [0.29, 0.717) is 43.2 Å². The number of carbonyl (C=O) groups is 1. The van der Waals surface area contributed by atoms with E-state index in [-0.39, 0.29) is 17.9 Å². The predicted octanol–water partition coefficient (Wildman–Crippen LogP) is 4.69. The maximum Gasteiger partial charge on any atom is 0.228 e. The van der Waals surface area contributed by atoms with Crippen molar-refractivity contribution in [2.75, 3.05) is 5.32 Å². The summed E-state index contributed by atoms with van der Waals surface area (Å²) >= 11 is 0. The lowest BCUT2D eigenvalue weighted by atomic mass is 9.85. The smallest absolute Gasteiger partial charge is 0.228 e. The maximum atomic E-state index is 12.9. The highest BCUT2D eigenvalue weighted by molar-refractivity contribution is 5.94. The summed E-state index contributed by atoms with van der Waals surface area (Å²) in [6.45, 7) is -3.48. The van der Waals surface area contributed by atoms with Gasteiger partial charge >= 0.3 is 0 Å². The molecular formula is C23H28N4O2. The van der Waals surface area contributed by atoms with Gasteiger partial charge in [0.1, 0.15) is 5.82 Å². The molecule has 2 heterocycles. The SMILES string of the molecule is [2H]C([2H])([2H])C(NC1CCC(C(=O)Nc2cc3cc(-c4cnc(C)o4)ccc3cn2)CC1)C([2H])([2H])[2H]. The van der Waals surface area contributed by atoms with E-state index in [9.17, 15) is 4.79 Å². The van der Waals surface area contributed by atoms with Crippen molar-refractivity contribution in [2.45, 2.75) is 58.4 Å². The number of nitrogens with zero attached hydrogens (tertiary/aromatic N) is 2. The average Bonchev–Trinajstić information content (AvgIpc) is 3.22. The molecule has 0 atom stereocenters. The number of anilines is 1. The summed E-state index contributed by atoms with van der Waals surface area (Å²) in [6.07, 6.45) is 5.47. The number of nitrogens with one attached hydrogen (secondary N) is 2. The van der Waals surface area contributed by atoms with E-state index in [4.69, 9.17) is 12.6 Å². The lowest BCUT2D eigenvalue weighted by Gasteiger charge is -2.29. The number of aryl methyl sites for hydroxylation is 1. The molecule has 0 bridgehead atoms. The van der Waals surface area contributed by atoms with Crippen LogP contribution in [0.25, 0.3) is 22.1 Å². The van der Waals surface area contributed by atoms with Crippen LogP contribution in [0.1, 0.15) is 53.5 Å². The number of oxazole rings is 1. The van der Waals surface area contributed by atoms with Crippen molar-refractivity contribution in [3.05, 3.63) is 42.5 Å². The van der Waals surface area contributed by atoms with E-state index < -0.39 is 19.7 Å². The number of amides is 1. The van der Waals surface area contributed by atoms with Crippen molar-refractivity contribution in [1.29, 1.82) is 0 Å². The second kappa shape index (κ2) is 8.33. The first kappa shape index (κ1) is 13.5. The molecule has 1 aliphatic rings. The Hall–Kier alpha value is -2.73. The molecule has 29 heavy (non-hydrogen) atoms. The van der Waals surface area contributed by atoms with Crippen LogP contribution in [0.15, 0.2) is 41.1 Å². The predicted molar refractivity (Wildman–Crippen MR) is 115 cm³/mol. The van der Waals surface area contributed by atoms with Crippen molar-refractivity contribution in [3.8, 4) is 11.3 Å². The normalized spacial score (nSPS) is 23.5. The minimum atomic E-state index is -2.63. The number of pyridine rings is 1. The quantitative estimate of drug-likeness (QED) is 0.651. The summed E-state index contributed by atoms with van der Waals surface area (Å²) in [6, 6.07) is 5.78. The summed E-state index contributed by atoms with van der Waals surface area (Å²) in [7, 11) is 0. The third kappa shape index (κ3) is 4.65. The second-order valence-corrected chi connectivity index (χ2v) is 7.51. The van der Waals surface area contributed by atoms with Gasteiger partial charge in [-0.1, -0.05) is 25.8 Å². The highest BCUT2D eigenvalue weighted by Crippen LogP contribution is 2.28. The van der Waals surface area contributed by atoms with E-state index in [1.165, 1.54) is 0 Å². The van der Waals surface area contributed by atoms with Crippen LogP contribution in [0.4, 0.5) is 5.82 Å². The molecule has 152 valence electrons. The molecule has 0 spiro atoms. The van der Waals surface area contributed by atoms with Gasteiger partial charge in [-0.15, -0.1) is 0 Å². The summed E-state index contributed by atoms with van der Waals surface area (Å²) in [5.41, 5.74) is 0.875. The number of rotatable bonds is 5. The third-order valence-electron chi connectivity index (χ3n) is 5.38. The van der Waals surface area contributed by atoms with E-state index in [2.05, 4.69) is 20.6 Å². The number of hydrogen-bond acceptors (Lipinski definition) is 5. The highest BCUT2D eigenvalue weighted by Gasteiger charge is 2.26. The lowest BCUT2D eigenvalue weighted by molar-refractivity contribution is -0.120. The third-order valence-corrected chi connectivity index (χ3v) is 5.38. The van der Waals surface area contributed by atoms with E-state index in [1.807, 2.05) is 24.3 Å². The monoisotopic (exact) mass is 398 g/mol. The van der Waals surface area contributed by atoms with Gasteiger partial charge < -0.3 is 15.1 Å². The van der Waals surface area contributed by atoms with Gasteiger partial charge in [-0.3, -0.25) is 4.79 Å². The van der Waals surface area contributed by atoms with Crippen LogP contribution in [0.3, 0.4) is 0 Å². The van der Waals surface area contributed by atoms with Gasteiger partial charge in [-0.25, -0.2) is 9.97 Å². The zero-order valence-corrected chi connectivity index (χ0v) is 16.2. The average molecular weight is 399 g/mol. The first-order valence-corrected chi connectivity index (χ1v) is 9.80. The molecule has 1 saturated carbocycles. The Bertz CT molecular complexity index is 1180. The molecular weight excluding hydrogens is 364 g/mol. The molecule has 1 amide bonds. The van der Waals surface area contributed by atoms with Crippen LogP contribution in [0.2, 0.25) is 0 Å². The number of carbonyl (C=O) groups excluding carboxylic acids is 1. The number of fused-ring (bicyclic) bond motifs is 1. The molecule has 1 aromatic carbocycles. The topological polar surface area (TPSA) is 80.0 Å². The highest BCUT2D eigenvalue weighted by atomic mass is 16.4. The molecule has 6 heteroatoms. The van der Waals surface area contributed by atoms with Crippen LogP contribution in [-0.4, -0.2) is 28.0 Å². The molecule has 0 aliphatic heterocycles. The summed E-state index contributed by atoms with van der Waals surface area (Å²) in [5.74, 6) is 1.28. The first-order valence-electron chi connectivity index (χ1n) is 12.8. The molecule has 1 aliphatic carbocycles. The van der Waals surface area contributed by atoms with Gasteiger partial charge in [0, 0.05) is 50.3 Å².